The van der Waals surface area contributed by atoms with E-state index in [0.29, 0.717) is 36.5 Å². The van der Waals surface area contributed by atoms with Crippen molar-refractivity contribution in [3.8, 4) is 17.6 Å². The zero-order valence-electron chi connectivity index (χ0n) is 19.2. The third-order valence-electron chi connectivity index (χ3n) is 5.77. The van der Waals surface area contributed by atoms with Crippen molar-refractivity contribution in [3.63, 3.8) is 0 Å². The number of nitrogens with one attached hydrogen (secondary N) is 1. The van der Waals surface area contributed by atoms with Gasteiger partial charge in [0.15, 0.2) is 11.5 Å². The number of ether oxygens (including phenoxy) is 2. The summed E-state index contributed by atoms with van der Waals surface area (Å²) in [7, 11) is 1.54. The standard InChI is InChI=1S/C25H32N4O3/c1-4-28-11-13-29(14-12-28)21-8-9-22(19(2)16-21)27-25(30)6-5-15-32-23-10-7-20(18-26)17-24(23)31-3/h7-10,16-17H,4-6,11-15H2,1-3H3,(H,27,30). The Morgan fingerprint density at radius 3 is 2.56 bits per heavy atom. The van der Waals surface area contributed by atoms with Crippen LogP contribution in [0.4, 0.5) is 11.4 Å². The quantitative estimate of drug-likeness (QED) is 0.602. The first-order valence-corrected chi connectivity index (χ1v) is 11.1. The molecule has 1 heterocycles. The maximum atomic E-state index is 12.4. The number of piperazine rings is 1. The molecule has 0 radical (unpaired) electrons. The second-order valence-corrected chi connectivity index (χ2v) is 7.90. The molecule has 7 nitrogen and oxygen atoms in total. The number of carbonyl (C=O) groups excluding carboxylic acids is 1. The molecular formula is C25H32N4O3. The Morgan fingerprint density at radius 2 is 1.91 bits per heavy atom. The van der Waals surface area contributed by atoms with E-state index in [0.717, 1.165) is 44.0 Å². The minimum atomic E-state index is -0.0344. The van der Waals surface area contributed by atoms with Gasteiger partial charge >= 0.3 is 0 Å². The Labute approximate surface area is 190 Å². The van der Waals surface area contributed by atoms with Crippen molar-refractivity contribution in [1.82, 2.24) is 4.90 Å². The van der Waals surface area contributed by atoms with Gasteiger partial charge in [-0.15, -0.1) is 0 Å². The Balaban J connectivity index is 1.45. The number of hydrogen-bond donors (Lipinski definition) is 1. The molecule has 2 aromatic rings. The highest BCUT2D eigenvalue weighted by Gasteiger charge is 2.16. The summed E-state index contributed by atoms with van der Waals surface area (Å²) in [6, 6.07) is 13.3. The zero-order chi connectivity index (χ0) is 22.9. The fourth-order valence-electron chi connectivity index (χ4n) is 3.79. The Bertz CT molecular complexity index is 962. The van der Waals surface area contributed by atoms with Crippen molar-refractivity contribution in [2.75, 3.05) is 56.7 Å². The van der Waals surface area contributed by atoms with Crippen LogP contribution in [0.5, 0.6) is 11.5 Å². The van der Waals surface area contributed by atoms with E-state index in [9.17, 15) is 4.79 Å². The van der Waals surface area contributed by atoms with E-state index in [1.54, 1.807) is 18.2 Å². The van der Waals surface area contributed by atoms with Crippen LogP contribution in [0.2, 0.25) is 0 Å². The summed E-state index contributed by atoms with van der Waals surface area (Å²) < 4.78 is 11.0. The monoisotopic (exact) mass is 436 g/mol. The van der Waals surface area contributed by atoms with Crippen molar-refractivity contribution < 1.29 is 14.3 Å². The number of carbonyl (C=O) groups is 1. The first kappa shape index (κ1) is 23.4. The van der Waals surface area contributed by atoms with Crippen LogP contribution in [0, 0.1) is 18.3 Å². The number of hydrogen-bond acceptors (Lipinski definition) is 6. The summed E-state index contributed by atoms with van der Waals surface area (Å²) in [4.78, 5) is 17.3. The minimum absolute atomic E-state index is 0.0344. The second-order valence-electron chi connectivity index (χ2n) is 7.90. The lowest BCUT2D eigenvalue weighted by Crippen LogP contribution is -2.46. The minimum Gasteiger partial charge on any atom is -0.493 e. The fourth-order valence-corrected chi connectivity index (χ4v) is 3.79. The highest BCUT2D eigenvalue weighted by molar-refractivity contribution is 5.91. The number of anilines is 2. The van der Waals surface area contributed by atoms with Gasteiger partial charge < -0.3 is 24.6 Å². The van der Waals surface area contributed by atoms with E-state index in [1.807, 2.05) is 13.0 Å². The molecular weight excluding hydrogens is 404 g/mol. The lowest BCUT2D eigenvalue weighted by molar-refractivity contribution is -0.116. The Kier molecular flexibility index (Phi) is 8.34. The molecule has 0 atom stereocenters. The van der Waals surface area contributed by atoms with E-state index in [1.165, 1.54) is 12.8 Å². The molecule has 1 fully saturated rings. The van der Waals surface area contributed by atoms with Gasteiger partial charge in [0.1, 0.15) is 0 Å². The van der Waals surface area contributed by atoms with Gasteiger partial charge in [0.2, 0.25) is 5.91 Å². The molecule has 2 aromatic carbocycles. The second kappa shape index (κ2) is 11.4. The molecule has 32 heavy (non-hydrogen) atoms. The fraction of sp³-hybridized carbons (Fsp3) is 0.440. The lowest BCUT2D eigenvalue weighted by atomic mass is 10.1. The van der Waals surface area contributed by atoms with Crippen molar-refractivity contribution in [3.05, 3.63) is 47.5 Å². The van der Waals surface area contributed by atoms with Gasteiger partial charge in [-0.05, 0) is 55.8 Å². The van der Waals surface area contributed by atoms with Gasteiger partial charge in [0.25, 0.3) is 0 Å². The third-order valence-corrected chi connectivity index (χ3v) is 5.77. The van der Waals surface area contributed by atoms with Crippen LogP contribution in [0.3, 0.4) is 0 Å². The number of aryl methyl sites for hydroxylation is 1. The number of likely N-dealkylation sites (N-methyl/N-ethyl adjacent to an activating group) is 1. The lowest BCUT2D eigenvalue weighted by Gasteiger charge is -2.35. The number of amides is 1. The van der Waals surface area contributed by atoms with Gasteiger partial charge in [0, 0.05) is 50.0 Å². The highest BCUT2D eigenvalue weighted by Crippen LogP contribution is 2.28. The van der Waals surface area contributed by atoms with Crippen LogP contribution in [-0.2, 0) is 4.79 Å². The van der Waals surface area contributed by atoms with Gasteiger partial charge in [-0.1, -0.05) is 6.92 Å². The number of nitriles is 1. The highest BCUT2D eigenvalue weighted by atomic mass is 16.5. The average molecular weight is 437 g/mol. The van der Waals surface area contributed by atoms with Crippen LogP contribution in [0.15, 0.2) is 36.4 Å². The molecule has 0 aromatic heterocycles. The predicted octanol–water partition coefficient (Wildman–Crippen LogP) is 3.81. The van der Waals surface area contributed by atoms with Crippen molar-refractivity contribution in [1.29, 1.82) is 5.26 Å². The zero-order valence-corrected chi connectivity index (χ0v) is 19.2. The average Bonchev–Trinajstić information content (AvgIpc) is 2.83. The van der Waals surface area contributed by atoms with Crippen LogP contribution in [0.25, 0.3) is 0 Å². The first-order chi connectivity index (χ1) is 15.5. The molecule has 3 rings (SSSR count). The summed E-state index contributed by atoms with van der Waals surface area (Å²) in [5, 5.41) is 12.0. The van der Waals surface area contributed by atoms with Crippen LogP contribution < -0.4 is 19.7 Å². The smallest absolute Gasteiger partial charge is 0.224 e. The molecule has 1 N–H and O–H groups in total. The molecule has 0 saturated carbocycles. The molecule has 7 heteroatoms. The van der Waals surface area contributed by atoms with Crippen molar-refractivity contribution in [2.24, 2.45) is 0 Å². The van der Waals surface area contributed by atoms with E-state index < -0.39 is 0 Å². The number of benzene rings is 2. The summed E-state index contributed by atoms with van der Waals surface area (Å²) in [5.74, 6) is 1.05. The molecule has 170 valence electrons. The normalized spacial score (nSPS) is 14.0. The van der Waals surface area contributed by atoms with Crippen LogP contribution in [0.1, 0.15) is 30.9 Å². The van der Waals surface area contributed by atoms with Gasteiger partial charge in [0.05, 0.1) is 25.3 Å². The first-order valence-electron chi connectivity index (χ1n) is 11.1. The summed E-state index contributed by atoms with van der Waals surface area (Å²) >= 11 is 0. The molecule has 0 bridgehead atoms. The van der Waals surface area contributed by atoms with E-state index in [4.69, 9.17) is 14.7 Å². The van der Waals surface area contributed by atoms with Crippen molar-refractivity contribution >= 4 is 17.3 Å². The molecule has 1 amide bonds. The molecule has 0 spiro atoms. The molecule has 0 aliphatic carbocycles. The van der Waals surface area contributed by atoms with E-state index in [2.05, 4.69) is 40.2 Å². The summed E-state index contributed by atoms with van der Waals surface area (Å²) in [5.41, 5.74) is 3.63. The Morgan fingerprint density at radius 1 is 1.12 bits per heavy atom. The maximum Gasteiger partial charge on any atom is 0.224 e. The summed E-state index contributed by atoms with van der Waals surface area (Å²) in [6.07, 6.45) is 0.937. The number of rotatable bonds is 9. The van der Waals surface area contributed by atoms with Gasteiger partial charge in [-0.25, -0.2) is 0 Å². The predicted molar refractivity (Wildman–Crippen MR) is 127 cm³/mol. The van der Waals surface area contributed by atoms with Crippen LogP contribution >= 0.6 is 0 Å². The topological polar surface area (TPSA) is 77.8 Å². The van der Waals surface area contributed by atoms with Crippen molar-refractivity contribution in [2.45, 2.75) is 26.7 Å². The molecule has 1 aliphatic rings. The molecule has 0 unspecified atom stereocenters. The number of nitrogens with zero attached hydrogens (tertiary/aromatic N) is 3. The van der Waals surface area contributed by atoms with E-state index >= 15 is 0 Å². The Hall–Kier alpha value is -3.24. The number of methoxy groups -OCH3 is 1. The van der Waals surface area contributed by atoms with Gasteiger partial charge in [-0.3, -0.25) is 4.79 Å². The molecule has 1 saturated heterocycles. The SMILES string of the molecule is CCN1CCN(c2ccc(NC(=O)CCCOc3ccc(C#N)cc3OC)c(C)c2)CC1. The largest absolute Gasteiger partial charge is 0.493 e. The summed E-state index contributed by atoms with van der Waals surface area (Å²) in [6.45, 7) is 9.96. The van der Waals surface area contributed by atoms with Crippen LogP contribution in [-0.4, -0.2) is 57.2 Å². The van der Waals surface area contributed by atoms with E-state index in [-0.39, 0.29) is 5.91 Å². The third kappa shape index (κ3) is 6.14. The molecule has 1 aliphatic heterocycles. The van der Waals surface area contributed by atoms with Gasteiger partial charge in [-0.2, -0.15) is 5.26 Å². The maximum absolute atomic E-state index is 12.4.